The summed E-state index contributed by atoms with van der Waals surface area (Å²) in [5, 5.41) is 0. The van der Waals surface area contributed by atoms with E-state index in [1.165, 1.54) is 0 Å². The second-order valence-corrected chi connectivity index (χ2v) is 17.9. The monoisotopic (exact) mass is 477 g/mol. The number of hydrogen-bond donors (Lipinski definition) is 1. The third-order valence-electron chi connectivity index (χ3n) is 4.09. The molecule has 176 valence electrons. The Balaban J connectivity index is 4.12. The Hall–Kier alpha value is -0.246. The number of alkyl halides is 8. The van der Waals surface area contributed by atoms with Crippen molar-refractivity contribution in [2.45, 2.75) is 75.8 Å². The predicted octanol–water partition coefficient (Wildman–Crippen LogP) is 5.60. The Morgan fingerprint density at radius 1 is 0.690 bits per heavy atom. The van der Waals surface area contributed by atoms with E-state index >= 15 is 0 Å². The molecule has 0 amide bonds. The Labute approximate surface area is 168 Å². The lowest BCUT2D eigenvalue weighted by Gasteiger charge is -2.35. The van der Waals surface area contributed by atoms with E-state index in [1.807, 2.05) is 26.2 Å². The minimum atomic E-state index is -4.15. The van der Waals surface area contributed by atoms with Crippen molar-refractivity contribution >= 4 is 16.5 Å². The second-order valence-electron chi connectivity index (χ2n) is 8.33. The molecule has 0 fully saturated rings. The van der Waals surface area contributed by atoms with Crippen molar-refractivity contribution in [2.75, 3.05) is 26.4 Å². The zero-order valence-corrected chi connectivity index (χ0v) is 19.2. The molecule has 1 N–H and O–H groups in total. The van der Waals surface area contributed by atoms with Gasteiger partial charge in [-0.25, -0.2) is 17.6 Å². The van der Waals surface area contributed by atoms with Crippen molar-refractivity contribution in [3.05, 3.63) is 0 Å². The SMILES string of the molecule is C[Si](C)(CCCOCC(F)(F)C(F)F)N[Si](C)(C)CCCOCC(F)(F)C(F)F. The van der Waals surface area contributed by atoms with E-state index in [2.05, 4.69) is 14.1 Å². The Morgan fingerprint density at radius 2 is 1.00 bits per heavy atom. The van der Waals surface area contributed by atoms with Crippen LogP contribution >= 0.6 is 0 Å². The van der Waals surface area contributed by atoms with Crippen LogP contribution in [0.1, 0.15) is 12.8 Å². The summed E-state index contributed by atoms with van der Waals surface area (Å²) in [5.74, 6) is -8.30. The fourth-order valence-corrected chi connectivity index (χ4v) is 13.2. The summed E-state index contributed by atoms with van der Waals surface area (Å²) in [6.45, 7) is 5.42. The van der Waals surface area contributed by atoms with Crippen molar-refractivity contribution in [1.29, 1.82) is 0 Å². The summed E-state index contributed by atoms with van der Waals surface area (Å²) >= 11 is 0. The maximum atomic E-state index is 12.7. The first kappa shape index (κ1) is 28.8. The molecule has 0 aromatic heterocycles. The fraction of sp³-hybridized carbons (Fsp3) is 1.00. The van der Waals surface area contributed by atoms with Gasteiger partial charge in [0, 0.05) is 13.2 Å². The van der Waals surface area contributed by atoms with Crippen LogP contribution in [0, 0.1) is 0 Å². The van der Waals surface area contributed by atoms with Gasteiger partial charge in [-0.2, -0.15) is 17.6 Å². The molecular formula is C16H31F8NO2Si2. The van der Waals surface area contributed by atoms with Gasteiger partial charge in [-0.1, -0.05) is 26.2 Å². The van der Waals surface area contributed by atoms with Crippen LogP contribution in [0.2, 0.25) is 38.3 Å². The lowest BCUT2D eigenvalue weighted by atomic mass is 10.4. The highest BCUT2D eigenvalue weighted by Gasteiger charge is 2.41. The largest absolute Gasteiger partial charge is 0.375 e. The first-order valence-electron chi connectivity index (χ1n) is 9.28. The van der Waals surface area contributed by atoms with Crippen molar-refractivity contribution in [3.8, 4) is 0 Å². The van der Waals surface area contributed by atoms with E-state index in [0.717, 1.165) is 0 Å². The van der Waals surface area contributed by atoms with Gasteiger partial charge in [0.05, 0.1) is 0 Å². The molecule has 0 saturated carbocycles. The van der Waals surface area contributed by atoms with Gasteiger partial charge < -0.3 is 14.1 Å². The average Bonchev–Trinajstić information content (AvgIpc) is 2.52. The van der Waals surface area contributed by atoms with Crippen LogP contribution in [-0.4, -0.2) is 67.6 Å². The van der Waals surface area contributed by atoms with Crippen LogP contribution in [0.15, 0.2) is 0 Å². The van der Waals surface area contributed by atoms with E-state index in [1.54, 1.807) is 0 Å². The van der Waals surface area contributed by atoms with Gasteiger partial charge in [0.1, 0.15) is 29.7 Å². The van der Waals surface area contributed by atoms with Crippen molar-refractivity contribution in [2.24, 2.45) is 0 Å². The molecule has 0 aliphatic carbocycles. The third kappa shape index (κ3) is 12.9. The number of halogens is 8. The molecule has 29 heavy (non-hydrogen) atoms. The van der Waals surface area contributed by atoms with Crippen LogP contribution in [-0.2, 0) is 9.47 Å². The topological polar surface area (TPSA) is 30.5 Å². The van der Waals surface area contributed by atoms with Crippen LogP contribution in [0.3, 0.4) is 0 Å². The highest BCUT2D eigenvalue weighted by molar-refractivity contribution is 6.91. The summed E-state index contributed by atoms with van der Waals surface area (Å²) in [5.41, 5.74) is 0. The van der Waals surface area contributed by atoms with Gasteiger partial charge in [-0.15, -0.1) is 0 Å². The molecular weight excluding hydrogens is 446 g/mol. The van der Waals surface area contributed by atoms with E-state index in [9.17, 15) is 35.1 Å². The Morgan fingerprint density at radius 3 is 1.28 bits per heavy atom. The molecule has 0 aliphatic heterocycles. The maximum Gasteiger partial charge on any atom is 0.330 e. The highest BCUT2D eigenvalue weighted by Crippen LogP contribution is 2.24. The van der Waals surface area contributed by atoms with E-state index in [-0.39, 0.29) is 13.2 Å². The minimum Gasteiger partial charge on any atom is -0.375 e. The summed E-state index contributed by atoms with van der Waals surface area (Å²) in [7, 11) is -3.87. The zero-order chi connectivity index (χ0) is 22.9. The Kier molecular flexibility index (Phi) is 11.9. The number of rotatable bonds is 16. The molecule has 3 nitrogen and oxygen atoms in total. The second kappa shape index (κ2) is 12.0. The molecule has 0 aromatic carbocycles. The van der Waals surface area contributed by atoms with Crippen molar-refractivity contribution < 1.29 is 44.6 Å². The van der Waals surface area contributed by atoms with Crippen LogP contribution < -0.4 is 4.65 Å². The van der Waals surface area contributed by atoms with Gasteiger partial charge in [-0.3, -0.25) is 0 Å². The Bertz CT molecular complexity index is 428. The molecule has 0 radical (unpaired) electrons. The van der Waals surface area contributed by atoms with Crippen LogP contribution in [0.4, 0.5) is 35.1 Å². The maximum absolute atomic E-state index is 12.7. The molecule has 0 saturated heterocycles. The van der Waals surface area contributed by atoms with Crippen molar-refractivity contribution in [3.63, 3.8) is 0 Å². The number of hydrogen-bond acceptors (Lipinski definition) is 3. The van der Waals surface area contributed by atoms with E-state index in [0.29, 0.717) is 24.9 Å². The van der Waals surface area contributed by atoms with E-state index in [4.69, 9.17) is 0 Å². The zero-order valence-electron chi connectivity index (χ0n) is 17.2. The average molecular weight is 478 g/mol. The lowest BCUT2D eigenvalue weighted by molar-refractivity contribution is -0.165. The van der Waals surface area contributed by atoms with Gasteiger partial charge in [-0.05, 0) is 24.9 Å². The van der Waals surface area contributed by atoms with Gasteiger partial charge >= 0.3 is 24.7 Å². The smallest absolute Gasteiger partial charge is 0.330 e. The molecule has 0 spiro atoms. The summed E-state index contributed by atoms with van der Waals surface area (Å²) in [6.07, 6.45) is -6.62. The number of ether oxygens (including phenoxy) is 2. The molecule has 0 unspecified atom stereocenters. The van der Waals surface area contributed by atoms with E-state index < -0.39 is 54.4 Å². The molecule has 0 aliphatic rings. The first-order chi connectivity index (χ1) is 13.0. The standard InChI is InChI=1S/C16H31F8NO2Si2/c1-28(2,9-5-7-26-11-15(21,22)13(17)18)25-29(3,4)10-6-8-27-12-16(23,24)14(19)20/h13-14,25H,5-12H2,1-4H3. The quantitative estimate of drug-likeness (QED) is 0.178. The minimum absolute atomic E-state index is 0.0470. The molecule has 13 heteroatoms. The molecule has 0 atom stereocenters. The van der Waals surface area contributed by atoms with Crippen LogP contribution in [0.25, 0.3) is 0 Å². The van der Waals surface area contributed by atoms with Crippen molar-refractivity contribution in [1.82, 2.24) is 4.65 Å². The lowest BCUT2D eigenvalue weighted by Crippen LogP contribution is -2.59. The summed E-state index contributed by atoms with van der Waals surface area (Å²) < 4.78 is 112. The predicted molar refractivity (Wildman–Crippen MR) is 100 cm³/mol. The molecule has 0 aromatic rings. The van der Waals surface area contributed by atoms with Gasteiger partial charge in [0.2, 0.25) is 0 Å². The molecule has 0 rings (SSSR count). The van der Waals surface area contributed by atoms with Gasteiger partial charge in [0.15, 0.2) is 0 Å². The highest BCUT2D eigenvalue weighted by atomic mass is 28.4. The fourth-order valence-electron chi connectivity index (χ4n) is 2.82. The first-order valence-corrected chi connectivity index (χ1v) is 15.7. The molecule has 0 bridgehead atoms. The van der Waals surface area contributed by atoms with Gasteiger partial charge in [0.25, 0.3) is 0 Å². The summed E-state index contributed by atoms with van der Waals surface area (Å²) in [4.78, 5) is 0. The van der Waals surface area contributed by atoms with Crippen LogP contribution in [0.5, 0.6) is 0 Å². The molecule has 0 heterocycles. The number of nitrogens with one attached hydrogen (secondary N) is 1. The normalized spacial score (nSPS) is 14.3. The summed E-state index contributed by atoms with van der Waals surface area (Å²) in [6, 6.07) is 1.36. The third-order valence-corrected chi connectivity index (χ3v) is 12.7.